The molecule has 0 spiro atoms. The predicted octanol–water partition coefficient (Wildman–Crippen LogP) is 0.185. The van der Waals surface area contributed by atoms with Gasteiger partial charge in [0.25, 0.3) is 5.91 Å². The van der Waals surface area contributed by atoms with Gasteiger partial charge >= 0.3 is 5.97 Å². The Bertz CT molecular complexity index is 524. The lowest BCUT2D eigenvalue weighted by Gasteiger charge is -1.95. The van der Waals surface area contributed by atoms with E-state index in [1.807, 2.05) is 0 Å². The van der Waals surface area contributed by atoms with Gasteiger partial charge in [-0.2, -0.15) is 5.10 Å². The first kappa shape index (κ1) is 11.3. The third-order valence-electron chi connectivity index (χ3n) is 1.98. The van der Waals surface area contributed by atoms with Gasteiger partial charge in [0.05, 0.1) is 24.0 Å². The number of aromatic carboxylic acids is 1. The highest BCUT2D eigenvalue weighted by Crippen LogP contribution is 2.11. The van der Waals surface area contributed by atoms with Crippen LogP contribution in [-0.4, -0.2) is 31.7 Å². The summed E-state index contributed by atoms with van der Waals surface area (Å²) in [6.07, 6.45) is 2.84. The number of carbonyl (C=O) groups excluding carboxylic acids is 1. The fourth-order valence-corrected chi connectivity index (χ4v) is 1.87. The Kier molecular flexibility index (Phi) is 2.88. The van der Waals surface area contributed by atoms with Crippen LogP contribution in [0.3, 0.4) is 0 Å². The number of hydrogen-bond donors (Lipinski definition) is 2. The van der Waals surface area contributed by atoms with E-state index in [1.165, 1.54) is 17.1 Å². The molecule has 0 aliphatic heterocycles. The minimum atomic E-state index is -1.06. The molecule has 0 saturated heterocycles. The Morgan fingerprint density at radius 3 is 2.82 bits per heavy atom. The standard InChI is InChI=1S/C9H8N4O3S/c10-7(14)5-1-11-13(2-5)3-6-4-17-8(12-6)9(15)16/h1-2,4H,3H2,(H2,10,14)(H,15,16). The van der Waals surface area contributed by atoms with Crippen LogP contribution < -0.4 is 5.73 Å². The lowest BCUT2D eigenvalue weighted by atomic mass is 10.3. The Balaban J connectivity index is 2.13. The largest absolute Gasteiger partial charge is 0.476 e. The van der Waals surface area contributed by atoms with Crippen LogP contribution in [0.15, 0.2) is 17.8 Å². The molecule has 8 heteroatoms. The Morgan fingerprint density at radius 1 is 1.53 bits per heavy atom. The number of amides is 1. The van der Waals surface area contributed by atoms with Crippen LogP contribution in [-0.2, 0) is 6.54 Å². The molecule has 1 amide bonds. The normalized spacial score (nSPS) is 10.4. The van der Waals surface area contributed by atoms with Crippen molar-refractivity contribution in [2.75, 3.05) is 0 Å². The van der Waals surface area contributed by atoms with Gasteiger partial charge in [0.1, 0.15) is 0 Å². The van der Waals surface area contributed by atoms with E-state index in [9.17, 15) is 9.59 Å². The second-order valence-corrected chi connectivity index (χ2v) is 4.10. The molecular weight excluding hydrogens is 244 g/mol. The first-order valence-corrected chi connectivity index (χ1v) is 5.44. The van der Waals surface area contributed by atoms with Gasteiger partial charge in [-0.1, -0.05) is 0 Å². The zero-order chi connectivity index (χ0) is 12.4. The summed E-state index contributed by atoms with van der Waals surface area (Å²) in [5.74, 6) is -1.61. The molecule has 0 saturated carbocycles. The summed E-state index contributed by atoms with van der Waals surface area (Å²) >= 11 is 1.05. The Hall–Kier alpha value is -2.22. The highest BCUT2D eigenvalue weighted by molar-refractivity contribution is 7.11. The molecule has 0 aliphatic rings. The second kappa shape index (κ2) is 4.34. The van der Waals surface area contributed by atoms with Crippen molar-refractivity contribution in [1.29, 1.82) is 0 Å². The van der Waals surface area contributed by atoms with Crippen molar-refractivity contribution in [2.45, 2.75) is 6.54 Å². The van der Waals surface area contributed by atoms with Crippen molar-refractivity contribution in [2.24, 2.45) is 5.73 Å². The summed E-state index contributed by atoms with van der Waals surface area (Å²) in [5.41, 5.74) is 5.96. The second-order valence-electron chi connectivity index (χ2n) is 3.24. The summed E-state index contributed by atoms with van der Waals surface area (Å²) in [7, 11) is 0. The summed E-state index contributed by atoms with van der Waals surface area (Å²) in [6, 6.07) is 0. The van der Waals surface area contributed by atoms with Crippen molar-refractivity contribution in [1.82, 2.24) is 14.8 Å². The van der Waals surface area contributed by atoms with Crippen LogP contribution in [0.2, 0.25) is 0 Å². The van der Waals surface area contributed by atoms with Crippen LogP contribution >= 0.6 is 11.3 Å². The van der Waals surface area contributed by atoms with Crippen LogP contribution in [0, 0.1) is 0 Å². The molecule has 2 rings (SSSR count). The molecule has 0 aliphatic carbocycles. The lowest BCUT2D eigenvalue weighted by Crippen LogP contribution is -2.09. The van der Waals surface area contributed by atoms with E-state index in [0.717, 1.165) is 11.3 Å². The van der Waals surface area contributed by atoms with E-state index in [2.05, 4.69) is 10.1 Å². The zero-order valence-electron chi connectivity index (χ0n) is 8.53. The monoisotopic (exact) mass is 252 g/mol. The van der Waals surface area contributed by atoms with E-state index >= 15 is 0 Å². The van der Waals surface area contributed by atoms with Crippen molar-refractivity contribution >= 4 is 23.2 Å². The number of hydrogen-bond acceptors (Lipinski definition) is 5. The summed E-state index contributed by atoms with van der Waals surface area (Å²) in [5, 5.41) is 14.3. The molecule has 2 aromatic heterocycles. The van der Waals surface area contributed by atoms with E-state index in [-0.39, 0.29) is 5.01 Å². The van der Waals surface area contributed by atoms with Crippen LogP contribution in [0.1, 0.15) is 25.9 Å². The topological polar surface area (TPSA) is 111 Å². The highest BCUT2D eigenvalue weighted by atomic mass is 32.1. The van der Waals surface area contributed by atoms with Crippen molar-refractivity contribution in [3.63, 3.8) is 0 Å². The van der Waals surface area contributed by atoms with E-state index in [1.54, 1.807) is 5.38 Å². The SMILES string of the molecule is NC(=O)c1cnn(Cc2csc(C(=O)O)n2)c1. The molecule has 0 unspecified atom stereocenters. The summed E-state index contributed by atoms with van der Waals surface area (Å²) < 4.78 is 1.47. The van der Waals surface area contributed by atoms with Gasteiger partial charge in [0, 0.05) is 11.6 Å². The molecule has 88 valence electrons. The third kappa shape index (κ3) is 2.48. The lowest BCUT2D eigenvalue weighted by molar-refractivity contribution is 0.0696. The van der Waals surface area contributed by atoms with Gasteiger partial charge in [-0.15, -0.1) is 11.3 Å². The fourth-order valence-electron chi connectivity index (χ4n) is 1.22. The van der Waals surface area contributed by atoms with Crippen LogP contribution in [0.5, 0.6) is 0 Å². The van der Waals surface area contributed by atoms with Crippen molar-refractivity contribution in [3.8, 4) is 0 Å². The van der Waals surface area contributed by atoms with E-state index in [0.29, 0.717) is 17.8 Å². The average molecular weight is 252 g/mol. The number of carbonyl (C=O) groups is 2. The molecule has 0 bridgehead atoms. The number of aromatic nitrogens is 3. The molecule has 0 radical (unpaired) electrons. The molecule has 0 aromatic carbocycles. The Morgan fingerprint density at radius 2 is 2.29 bits per heavy atom. The Labute approximate surface area is 99.5 Å². The zero-order valence-corrected chi connectivity index (χ0v) is 9.35. The number of thiazole rings is 1. The molecule has 0 fully saturated rings. The third-order valence-corrected chi connectivity index (χ3v) is 2.86. The first-order chi connectivity index (χ1) is 8.06. The number of nitrogens with zero attached hydrogens (tertiary/aromatic N) is 3. The summed E-state index contributed by atoms with van der Waals surface area (Å²) in [4.78, 5) is 25.4. The summed E-state index contributed by atoms with van der Waals surface area (Å²) in [6.45, 7) is 0.303. The van der Waals surface area contributed by atoms with Crippen molar-refractivity contribution in [3.05, 3.63) is 34.0 Å². The molecule has 7 nitrogen and oxygen atoms in total. The number of carboxylic acid groups (broad SMARTS) is 1. The molecule has 3 N–H and O–H groups in total. The molecule has 17 heavy (non-hydrogen) atoms. The van der Waals surface area contributed by atoms with Crippen LogP contribution in [0.4, 0.5) is 0 Å². The maximum atomic E-state index is 10.8. The number of nitrogens with two attached hydrogens (primary N) is 1. The maximum absolute atomic E-state index is 10.8. The minimum absolute atomic E-state index is 0.0299. The highest BCUT2D eigenvalue weighted by Gasteiger charge is 2.10. The number of primary amides is 1. The molecular formula is C9H8N4O3S. The average Bonchev–Trinajstić information content (AvgIpc) is 2.87. The predicted molar refractivity (Wildman–Crippen MR) is 58.9 cm³/mol. The van der Waals surface area contributed by atoms with Crippen LogP contribution in [0.25, 0.3) is 0 Å². The van der Waals surface area contributed by atoms with Gasteiger partial charge in [0.15, 0.2) is 0 Å². The smallest absolute Gasteiger partial charge is 0.365 e. The number of rotatable bonds is 4. The van der Waals surface area contributed by atoms with Gasteiger partial charge in [-0.05, 0) is 0 Å². The quantitative estimate of drug-likeness (QED) is 0.806. The van der Waals surface area contributed by atoms with E-state index < -0.39 is 11.9 Å². The molecule has 2 heterocycles. The molecule has 0 atom stereocenters. The van der Waals surface area contributed by atoms with Gasteiger partial charge in [-0.25, -0.2) is 9.78 Å². The van der Waals surface area contributed by atoms with Gasteiger partial charge in [-0.3, -0.25) is 9.48 Å². The fraction of sp³-hybridized carbons (Fsp3) is 0.111. The van der Waals surface area contributed by atoms with Crippen molar-refractivity contribution < 1.29 is 14.7 Å². The van der Waals surface area contributed by atoms with Gasteiger partial charge < -0.3 is 10.8 Å². The van der Waals surface area contributed by atoms with E-state index in [4.69, 9.17) is 10.8 Å². The maximum Gasteiger partial charge on any atom is 0.365 e. The molecule has 2 aromatic rings. The first-order valence-electron chi connectivity index (χ1n) is 4.56. The van der Waals surface area contributed by atoms with Gasteiger partial charge in [0.2, 0.25) is 5.01 Å². The minimum Gasteiger partial charge on any atom is -0.476 e. The number of carboxylic acids is 1.